The van der Waals surface area contributed by atoms with Crippen LogP contribution in [0.2, 0.25) is 0 Å². The molecule has 2 amide bonds. The van der Waals surface area contributed by atoms with E-state index in [9.17, 15) is 9.59 Å². The van der Waals surface area contributed by atoms with Gasteiger partial charge in [-0.1, -0.05) is 75.0 Å². The van der Waals surface area contributed by atoms with Gasteiger partial charge in [0.25, 0.3) is 0 Å². The van der Waals surface area contributed by atoms with E-state index >= 15 is 0 Å². The Morgan fingerprint density at radius 1 is 1.07 bits per heavy atom. The Kier molecular flexibility index (Phi) is 15.6. The van der Waals surface area contributed by atoms with Gasteiger partial charge in [-0.05, 0) is 5.92 Å². The predicted molar refractivity (Wildman–Crippen MR) is 118 cm³/mol. The maximum Gasteiger partial charge on any atom is 0.246 e. The Bertz CT molecular complexity index is 498. The molecule has 6 nitrogen and oxygen atoms in total. The van der Waals surface area contributed by atoms with Crippen molar-refractivity contribution < 1.29 is 21.9 Å². The highest BCUT2D eigenvalue weighted by molar-refractivity contribution is 8.76. The number of rotatable bonds is 13. The van der Waals surface area contributed by atoms with Gasteiger partial charge in [0.1, 0.15) is 12.5 Å². The summed E-state index contributed by atoms with van der Waals surface area (Å²) in [6.07, 6.45) is 0. The van der Waals surface area contributed by atoms with E-state index in [1.165, 1.54) is 0 Å². The van der Waals surface area contributed by atoms with Crippen molar-refractivity contribution in [3.05, 3.63) is 0 Å². The largest absolute Gasteiger partial charge is 0.369 e. The molecule has 0 radical (unpaired) electrons. The van der Waals surface area contributed by atoms with Crippen molar-refractivity contribution in [2.75, 3.05) is 32.3 Å². The fraction of sp³-hybridized carbons (Fsp3) is 0.789. The van der Waals surface area contributed by atoms with Crippen molar-refractivity contribution in [1.29, 1.82) is 0 Å². The zero-order chi connectivity index (χ0) is 20.7. The molecule has 160 valence electrons. The molecule has 1 atom stereocenters. The number of hydrogen-bond donors (Lipinski definition) is 2. The van der Waals surface area contributed by atoms with Crippen LogP contribution < -0.4 is 10.6 Å². The van der Waals surface area contributed by atoms with Crippen LogP contribution in [-0.4, -0.2) is 49.5 Å². The molecule has 1 unspecified atom stereocenters. The van der Waals surface area contributed by atoms with Crippen molar-refractivity contribution in [1.82, 2.24) is 10.6 Å². The Morgan fingerprint density at radius 2 is 1.74 bits per heavy atom. The summed E-state index contributed by atoms with van der Waals surface area (Å²) >= 11 is 0. The van der Waals surface area contributed by atoms with Crippen LogP contribution in [0.15, 0.2) is 0 Å². The number of amides is 2. The molecular weight excluding hydrogens is 384 g/mol. The van der Waals surface area contributed by atoms with Gasteiger partial charge in [0.2, 0.25) is 11.8 Å². The van der Waals surface area contributed by atoms with E-state index in [1.54, 1.807) is 21.6 Å². The Morgan fingerprint density at radius 3 is 2.33 bits per heavy atom. The summed E-state index contributed by atoms with van der Waals surface area (Å²) in [5, 5.41) is 5.76. The molecule has 0 heterocycles. The van der Waals surface area contributed by atoms with Crippen LogP contribution in [0.4, 0.5) is 0 Å². The zero-order valence-corrected chi connectivity index (χ0v) is 18.9. The van der Waals surface area contributed by atoms with E-state index in [1.807, 2.05) is 27.7 Å². The number of hydrogen-bond acceptors (Lipinski definition) is 6. The molecule has 8 heteroatoms. The fourth-order valence-electron chi connectivity index (χ4n) is 1.53. The van der Waals surface area contributed by atoms with Crippen LogP contribution in [0.5, 0.6) is 0 Å². The Balaban J connectivity index is -0.00000338. The third-order valence-corrected chi connectivity index (χ3v) is 5.67. The van der Waals surface area contributed by atoms with E-state index in [4.69, 9.17) is 9.47 Å². The molecule has 0 saturated carbocycles. The highest BCUT2D eigenvalue weighted by Gasteiger charge is 2.18. The monoisotopic (exact) mass is 422 g/mol. The number of nitrogens with one attached hydrogen (secondary N) is 2. The van der Waals surface area contributed by atoms with Gasteiger partial charge in [0.05, 0.1) is 25.1 Å². The van der Waals surface area contributed by atoms with Gasteiger partial charge >= 0.3 is 0 Å². The van der Waals surface area contributed by atoms with E-state index in [0.717, 1.165) is 0 Å². The number of carbonyl (C=O) groups is 2. The normalized spacial score (nSPS) is 12.0. The number of ether oxygens (including phenoxy) is 2. The topological polar surface area (TPSA) is 76.7 Å². The second kappa shape index (κ2) is 16.1. The maximum absolute atomic E-state index is 11.8. The van der Waals surface area contributed by atoms with E-state index in [-0.39, 0.29) is 32.6 Å². The van der Waals surface area contributed by atoms with Crippen molar-refractivity contribution in [3.8, 4) is 11.8 Å². The maximum atomic E-state index is 11.8. The first-order valence-corrected chi connectivity index (χ1v) is 11.6. The minimum atomic E-state index is -0.182. The van der Waals surface area contributed by atoms with E-state index in [2.05, 4.69) is 36.3 Å². The lowest BCUT2D eigenvalue weighted by molar-refractivity contribution is -0.126. The van der Waals surface area contributed by atoms with Gasteiger partial charge < -0.3 is 20.1 Å². The van der Waals surface area contributed by atoms with Gasteiger partial charge in [0.15, 0.2) is 0 Å². The lowest BCUT2D eigenvalue weighted by atomic mass is 10.2. The van der Waals surface area contributed by atoms with E-state index in [0.29, 0.717) is 37.5 Å². The van der Waals surface area contributed by atoms with Crippen LogP contribution in [0.3, 0.4) is 0 Å². The second-order valence-corrected chi connectivity index (χ2v) is 9.33. The summed E-state index contributed by atoms with van der Waals surface area (Å²) in [5.41, 5.74) is 0. The lowest BCUT2D eigenvalue weighted by Gasteiger charge is -2.22. The quantitative estimate of drug-likeness (QED) is 0.205. The first-order chi connectivity index (χ1) is 12.7. The highest BCUT2D eigenvalue weighted by atomic mass is 33.1. The van der Waals surface area contributed by atoms with Gasteiger partial charge in [-0.25, -0.2) is 0 Å². The summed E-state index contributed by atoms with van der Waals surface area (Å²) in [7, 11) is 3.15. The molecule has 0 rings (SSSR count). The fourth-order valence-corrected chi connectivity index (χ4v) is 3.93. The van der Waals surface area contributed by atoms with Crippen LogP contribution >= 0.6 is 21.6 Å². The average Bonchev–Trinajstić information content (AvgIpc) is 2.59. The molecule has 0 saturated heterocycles. The van der Waals surface area contributed by atoms with Crippen LogP contribution in [0.25, 0.3) is 0 Å². The Hall–Kier alpha value is -0.880. The van der Waals surface area contributed by atoms with Crippen molar-refractivity contribution >= 4 is 33.4 Å². The minimum Gasteiger partial charge on any atom is -0.369 e. The SMILES string of the molecule is CC(C)C#CCNC(=O)COCCOCSSC(NC(=O)C(C)C)C(C)C.[HH].[HH]. The number of carbonyl (C=O) groups excluding carboxylic acids is 2. The van der Waals surface area contributed by atoms with Gasteiger partial charge in [0, 0.05) is 14.7 Å². The average molecular weight is 423 g/mol. The second-order valence-electron chi connectivity index (χ2n) is 6.87. The molecule has 2 N–H and O–H groups in total. The molecule has 0 aromatic heterocycles. The minimum absolute atomic E-state index is 0. The summed E-state index contributed by atoms with van der Waals surface area (Å²) in [6, 6.07) is 0. The summed E-state index contributed by atoms with van der Waals surface area (Å²) < 4.78 is 10.7. The molecule has 0 aromatic carbocycles. The third kappa shape index (κ3) is 15.8. The predicted octanol–water partition coefficient (Wildman–Crippen LogP) is 3.38. The molecule has 0 aliphatic rings. The molecule has 0 aliphatic heterocycles. The van der Waals surface area contributed by atoms with E-state index < -0.39 is 0 Å². The summed E-state index contributed by atoms with van der Waals surface area (Å²) in [5.74, 6) is 6.83. The van der Waals surface area contributed by atoms with Crippen LogP contribution in [-0.2, 0) is 19.1 Å². The van der Waals surface area contributed by atoms with Crippen molar-refractivity contribution in [2.45, 2.75) is 46.9 Å². The molecular formula is C19H38N2O4S2. The molecule has 0 fully saturated rings. The highest BCUT2D eigenvalue weighted by Crippen LogP contribution is 2.29. The first-order valence-electron chi connectivity index (χ1n) is 9.23. The van der Waals surface area contributed by atoms with Crippen molar-refractivity contribution in [2.24, 2.45) is 17.8 Å². The first kappa shape index (κ1) is 26.1. The Labute approximate surface area is 175 Å². The molecule has 0 aromatic rings. The van der Waals surface area contributed by atoms with Gasteiger partial charge in [-0.2, -0.15) is 0 Å². The van der Waals surface area contributed by atoms with Crippen molar-refractivity contribution in [3.63, 3.8) is 0 Å². The zero-order valence-electron chi connectivity index (χ0n) is 17.3. The molecule has 27 heavy (non-hydrogen) atoms. The summed E-state index contributed by atoms with van der Waals surface area (Å²) in [4.78, 5) is 23.3. The van der Waals surface area contributed by atoms with Gasteiger partial charge in [-0.15, -0.1) is 0 Å². The molecule has 0 bridgehead atoms. The smallest absolute Gasteiger partial charge is 0.246 e. The molecule has 0 aliphatic carbocycles. The summed E-state index contributed by atoms with van der Waals surface area (Å²) in [6.45, 7) is 13.0. The lowest BCUT2D eigenvalue weighted by Crippen LogP contribution is -2.38. The third-order valence-electron chi connectivity index (χ3n) is 3.09. The standard InChI is InChI=1S/C19H34N2O4S2.2H2/c1-14(2)8-7-9-20-17(22)12-24-10-11-25-13-26-27-19(16(5)6)21-18(23)15(3)4;;/h14-16,19H,9-13H2,1-6H3,(H,20,22)(H,21,23);2*1H. The van der Waals surface area contributed by atoms with Crippen LogP contribution in [0.1, 0.15) is 44.4 Å². The molecule has 0 spiro atoms. The van der Waals surface area contributed by atoms with Gasteiger partial charge in [-0.3, -0.25) is 9.59 Å². The van der Waals surface area contributed by atoms with Crippen LogP contribution in [0, 0.1) is 29.6 Å².